The summed E-state index contributed by atoms with van der Waals surface area (Å²) in [7, 11) is 1.40. The van der Waals surface area contributed by atoms with Gasteiger partial charge in [0.15, 0.2) is 0 Å². The van der Waals surface area contributed by atoms with Gasteiger partial charge in [0.25, 0.3) is 0 Å². The highest BCUT2D eigenvalue weighted by Gasteiger charge is 2.27. The number of carbonyl (C=O) groups excluding carboxylic acids is 1. The molecule has 0 saturated heterocycles. The lowest BCUT2D eigenvalue weighted by Gasteiger charge is -2.25. The molecule has 0 bridgehead atoms. The predicted molar refractivity (Wildman–Crippen MR) is 91.9 cm³/mol. The molecule has 1 aromatic rings. The molecule has 4 heteroatoms. The Morgan fingerprint density at radius 3 is 2.83 bits per heavy atom. The Bertz CT molecular complexity index is 527. The Kier molecular flexibility index (Phi) is 6.46. The van der Waals surface area contributed by atoms with Crippen LogP contribution >= 0.6 is 0 Å². The smallest absolute Gasteiger partial charge is 0.337 e. The van der Waals surface area contributed by atoms with Crippen LogP contribution in [-0.2, 0) is 4.74 Å². The van der Waals surface area contributed by atoms with E-state index in [1.165, 1.54) is 26.4 Å². The quantitative estimate of drug-likeness (QED) is 0.633. The highest BCUT2D eigenvalue weighted by Crippen LogP contribution is 2.34. The van der Waals surface area contributed by atoms with Gasteiger partial charge in [0.05, 0.1) is 12.7 Å². The van der Waals surface area contributed by atoms with Crippen molar-refractivity contribution in [2.24, 2.45) is 5.92 Å². The van der Waals surface area contributed by atoms with Gasteiger partial charge in [-0.15, -0.1) is 0 Å². The Balaban J connectivity index is 2.21. The standard InChI is InChI=1S/C19H29NO3/c1-5-6-7-8-15-12-23-17-11-14(19(21)22-4)9-10-16(17)18(20-15)13(2)3/h9-11,13,15,18,20H,5-8,12H2,1-4H3/t15?,18-/m1/s1. The van der Waals surface area contributed by atoms with Crippen molar-refractivity contribution in [3.63, 3.8) is 0 Å². The summed E-state index contributed by atoms with van der Waals surface area (Å²) in [5, 5.41) is 3.75. The summed E-state index contributed by atoms with van der Waals surface area (Å²) in [6.45, 7) is 7.29. The number of unbranched alkanes of at least 4 members (excludes halogenated alkanes) is 2. The summed E-state index contributed by atoms with van der Waals surface area (Å²) in [4.78, 5) is 11.7. The average Bonchev–Trinajstić information content (AvgIpc) is 2.73. The monoisotopic (exact) mass is 319 g/mol. The third-order valence-electron chi connectivity index (χ3n) is 4.45. The largest absolute Gasteiger partial charge is 0.492 e. The highest BCUT2D eigenvalue weighted by atomic mass is 16.5. The molecule has 1 unspecified atom stereocenters. The molecule has 1 heterocycles. The predicted octanol–water partition coefficient (Wildman–Crippen LogP) is 4.10. The van der Waals surface area contributed by atoms with Gasteiger partial charge in [-0.2, -0.15) is 0 Å². The minimum Gasteiger partial charge on any atom is -0.492 e. The van der Waals surface area contributed by atoms with Gasteiger partial charge in [0.1, 0.15) is 12.4 Å². The molecule has 0 spiro atoms. The molecule has 4 nitrogen and oxygen atoms in total. The van der Waals surface area contributed by atoms with Gasteiger partial charge in [0, 0.05) is 17.6 Å². The van der Waals surface area contributed by atoms with E-state index in [2.05, 4.69) is 26.1 Å². The average molecular weight is 319 g/mol. The van der Waals surface area contributed by atoms with Gasteiger partial charge in [-0.05, 0) is 24.5 Å². The third kappa shape index (κ3) is 4.47. The fourth-order valence-electron chi connectivity index (χ4n) is 3.10. The molecule has 0 aliphatic carbocycles. The zero-order valence-corrected chi connectivity index (χ0v) is 14.7. The Labute approximate surface area is 139 Å². The lowest BCUT2D eigenvalue weighted by molar-refractivity contribution is 0.0600. The van der Waals surface area contributed by atoms with Gasteiger partial charge in [-0.25, -0.2) is 4.79 Å². The fourth-order valence-corrected chi connectivity index (χ4v) is 3.10. The zero-order chi connectivity index (χ0) is 16.8. The maximum atomic E-state index is 11.7. The van der Waals surface area contributed by atoms with Crippen molar-refractivity contribution in [2.45, 2.75) is 58.5 Å². The minimum atomic E-state index is -0.325. The molecule has 1 aliphatic heterocycles. The second kappa shape index (κ2) is 8.34. The molecule has 128 valence electrons. The van der Waals surface area contributed by atoms with Crippen molar-refractivity contribution in [3.8, 4) is 5.75 Å². The number of esters is 1. The number of rotatable bonds is 6. The first kappa shape index (κ1) is 17.8. The van der Waals surface area contributed by atoms with E-state index in [-0.39, 0.29) is 12.0 Å². The van der Waals surface area contributed by atoms with Crippen LogP contribution in [0.25, 0.3) is 0 Å². The van der Waals surface area contributed by atoms with E-state index in [1.807, 2.05) is 18.2 Å². The molecule has 0 radical (unpaired) electrons. The molecule has 23 heavy (non-hydrogen) atoms. The maximum absolute atomic E-state index is 11.7. The number of benzene rings is 1. The molecule has 1 N–H and O–H groups in total. The van der Waals surface area contributed by atoms with Crippen molar-refractivity contribution in [1.82, 2.24) is 5.32 Å². The van der Waals surface area contributed by atoms with Crippen LogP contribution < -0.4 is 10.1 Å². The summed E-state index contributed by atoms with van der Waals surface area (Å²) >= 11 is 0. The second-order valence-corrected chi connectivity index (χ2v) is 6.64. The molecular weight excluding hydrogens is 290 g/mol. The van der Waals surface area contributed by atoms with Crippen molar-refractivity contribution in [1.29, 1.82) is 0 Å². The highest BCUT2D eigenvalue weighted by molar-refractivity contribution is 5.90. The molecule has 0 aromatic heterocycles. The summed E-state index contributed by atoms with van der Waals surface area (Å²) < 4.78 is 10.8. The fraction of sp³-hybridized carbons (Fsp3) is 0.632. The van der Waals surface area contributed by atoms with E-state index in [9.17, 15) is 4.79 Å². The molecule has 0 amide bonds. The molecular formula is C19H29NO3. The first-order chi connectivity index (χ1) is 11.1. The van der Waals surface area contributed by atoms with E-state index >= 15 is 0 Å². The normalized spacial score (nSPS) is 20.6. The van der Waals surface area contributed by atoms with Gasteiger partial charge in [-0.3, -0.25) is 0 Å². The third-order valence-corrected chi connectivity index (χ3v) is 4.45. The molecule has 2 rings (SSSR count). The summed E-state index contributed by atoms with van der Waals surface area (Å²) in [5.74, 6) is 0.930. The minimum absolute atomic E-state index is 0.242. The van der Waals surface area contributed by atoms with Gasteiger partial charge < -0.3 is 14.8 Å². The van der Waals surface area contributed by atoms with E-state index in [1.54, 1.807) is 0 Å². The summed E-state index contributed by atoms with van der Waals surface area (Å²) in [6.07, 6.45) is 4.81. The van der Waals surface area contributed by atoms with E-state index in [0.717, 1.165) is 17.7 Å². The molecule has 1 aliphatic rings. The topological polar surface area (TPSA) is 47.6 Å². The van der Waals surface area contributed by atoms with Crippen LogP contribution in [0.15, 0.2) is 18.2 Å². The van der Waals surface area contributed by atoms with Crippen molar-refractivity contribution in [3.05, 3.63) is 29.3 Å². The number of ether oxygens (including phenoxy) is 2. The second-order valence-electron chi connectivity index (χ2n) is 6.64. The number of nitrogens with one attached hydrogen (secondary N) is 1. The van der Waals surface area contributed by atoms with Crippen LogP contribution in [0.5, 0.6) is 5.75 Å². The number of hydrogen-bond acceptors (Lipinski definition) is 4. The Morgan fingerprint density at radius 1 is 1.39 bits per heavy atom. The van der Waals surface area contributed by atoms with Crippen molar-refractivity contribution < 1.29 is 14.3 Å². The molecule has 1 aromatic carbocycles. The van der Waals surface area contributed by atoms with Crippen molar-refractivity contribution >= 4 is 5.97 Å². The molecule has 2 atom stereocenters. The van der Waals surface area contributed by atoms with Crippen LogP contribution in [0.1, 0.15) is 68.4 Å². The van der Waals surface area contributed by atoms with Crippen molar-refractivity contribution in [2.75, 3.05) is 13.7 Å². The molecule has 0 saturated carbocycles. The maximum Gasteiger partial charge on any atom is 0.337 e. The van der Waals surface area contributed by atoms with Crippen LogP contribution in [-0.4, -0.2) is 25.7 Å². The van der Waals surface area contributed by atoms with E-state index in [4.69, 9.17) is 9.47 Å². The first-order valence-electron chi connectivity index (χ1n) is 8.67. The number of fused-ring (bicyclic) bond motifs is 1. The number of methoxy groups -OCH3 is 1. The first-order valence-corrected chi connectivity index (χ1v) is 8.67. The Morgan fingerprint density at radius 2 is 2.17 bits per heavy atom. The van der Waals surface area contributed by atoms with E-state index in [0.29, 0.717) is 24.1 Å². The Hall–Kier alpha value is -1.55. The van der Waals surface area contributed by atoms with Gasteiger partial charge in [-0.1, -0.05) is 46.1 Å². The van der Waals surface area contributed by atoms with Gasteiger partial charge >= 0.3 is 5.97 Å². The van der Waals surface area contributed by atoms with Crippen LogP contribution in [0.4, 0.5) is 0 Å². The molecule has 0 fully saturated rings. The summed E-state index contributed by atoms with van der Waals surface area (Å²) in [5.41, 5.74) is 1.67. The lowest BCUT2D eigenvalue weighted by Crippen LogP contribution is -2.37. The number of carbonyl (C=O) groups is 1. The van der Waals surface area contributed by atoms with Gasteiger partial charge in [0.2, 0.25) is 0 Å². The van der Waals surface area contributed by atoms with Crippen LogP contribution in [0.2, 0.25) is 0 Å². The van der Waals surface area contributed by atoms with E-state index < -0.39 is 0 Å². The zero-order valence-electron chi connectivity index (χ0n) is 14.7. The summed E-state index contributed by atoms with van der Waals surface area (Å²) in [6, 6.07) is 6.22. The SMILES string of the molecule is CCCCCC1COc2cc(C(=O)OC)ccc2[C@@H](C(C)C)N1. The van der Waals surface area contributed by atoms with Crippen LogP contribution in [0, 0.1) is 5.92 Å². The lowest BCUT2D eigenvalue weighted by atomic mass is 9.93. The number of hydrogen-bond donors (Lipinski definition) is 1. The van der Waals surface area contributed by atoms with Crippen LogP contribution in [0.3, 0.4) is 0 Å².